The lowest BCUT2D eigenvalue weighted by Gasteiger charge is -2.18. The molecule has 7 nitrogen and oxygen atoms in total. The SMILES string of the molecule is CC(C)[C@@H](CO)Nc1nc2ccc(Oc3ccnc(-c4cnn(C)c4)c3)cc2s1. The number of aliphatic hydroxyl groups excluding tert-OH is 1. The van der Waals surface area contributed by atoms with E-state index in [-0.39, 0.29) is 12.6 Å². The van der Waals surface area contributed by atoms with Crippen molar-refractivity contribution in [1.29, 1.82) is 0 Å². The fraction of sp³-hybridized carbons (Fsp3) is 0.286. The van der Waals surface area contributed by atoms with Gasteiger partial charge in [-0.2, -0.15) is 5.10 Å². The van der Waals surface area contributed by atoms with E-state index in [1.54, 1.807) is 28.4 Å². The smallest absolute Gasteiger partial charge is 0.184 e. The Morgan fingerprint density at radius 3 is 2.76 bits per heavy atom. The van der Waals surface area contributed by atoms with Crippen LogP contribution in [-0.2, 0) is 7.05 Å². The van der Waals surface area contributed by atoms with E-state index in [1.807, 2.05) is 43.6 Å². The summed E-state index contributed by atoms with van der Waals surface area (Å²) in [4.78, 5) is 9.01. The molecule has 0 aliphatic rings. The third kappa shape index (κ3) is 4.38. The van der Waals surface area contributed by atoms with Crippen molar-refractivity contribution in [2.75, 3.05) is 11.9 Å². The fourth-order valence-electron chi connectivity index (χ4n) is 2.93. The molecule has 0 bridgehead atoms. The molecule has 4 rings (SSSR count). The number of rotatable bonds is 7. The van der Waals surface area contributed by atoms with Gasteiger partial charge in [0.25, 0.3) is 0 Å². The highest BCUT2D eigenvalue weighted by molar-refractivity contribution is 7.22. The van der Waals surface area contributed by atoms with Crippen molar-refractivity contribution >= 4 is 26.7 Å². The van der Waals surface area contributed by atoms with Gasteiger partial charge in [0.1, 0.15) is 11.5 Å². The third-order valence-corrected chi connectivity index (χ3v) is 5.59. The van der Waals surface area contributed by atoms with Crippen LogP contribution < -0.4 is 10.1 Å². The quantitative estimate of drug-likeness (QED) is 0.473. The van der Waals surface area contributed by atoms with Crippen LogP contribution in [0.4, 0.5) is 5.13 Å². The summed E-state index contributed by atoms with van der Waals surface area (Å²) in [5.74, 6) is 1.76. The van der Waals surface area contributed by atoms with Gasteiger partial charge in [-0.15, -0.1) is 0 Å². The van der Waals surface area contributed by atoms with Crippen molar-refractivity contribution in [3.63, 3.8) is 0 Å². The minimum absolute atomic E-state index is 0.0194. The van der Waals surface area contributed by atoms with E-state index in [4.69, 9.17) is 4.74 Å². The molecule has 3 aromatic heterocycles. The molecule has 0 unspecified atom stereocenters. The van der Waals surface area contributed by atoms with E-state index >= 15 is 0 Å². The Balaban J connectivity index is 1.54. The number of pyridine rings is 1. The summed E-state index contributed by atoms with van der Waals surface area (Å²) in [7, 11) is 1.88. The molecule has 1 atom stereocenters. The zero-order valence-corrected chi connectivity index (χ0v) is 17.3. The van der Waals surface area contributed by atoms with Gasteiger partial charge in [0, 0.05) is 37.1 Å². The number of nitrogens with one attached hydrogen (secondary N) is 1. The molecule has 0 amide bonds. The van der Waals surface area contributed by atoms with E-state index in [9.17, 15) is 5.11 Å². The molecule has 3 heterocycles. The topological polar surface area (TPSA) is 85.1 Å². The lowest BCUT2D eigenvalue weighted by Crippen LogP contribution is -2.29. The van der Waals surface area contributed by atoms with Gasteiger partial charge in [-0.1, -0.05) is 25.2 Å². The first-order chi connectivity index (χ1) is 14.0. The average Bonchev–Trinajstić information content (AvgIpc) is 3.31. The highest BCUT2D eigenvalue weighted by Gasteiger charge is 2.14. The number of thiazole rings is 1. The van der Waals surface area contributed by atoms with Gasteiger partial charge in [0.2, 0.25) is 0 Å². The zero-order chi connectivity index (χ0) is 20.4. The Morgan fingerprint density at radius 1 is 1.21 bits per heavy atom. The van der Waals surface area contributed by atoms with Gasteiger partial charge in [-0.25, -0.2) is 4.98 Å². The second-order valence-corrected chi connectivity index (χ2v) is 8.24. The molecule has 0 aliphatic carbocycles. The Bertz CT molecular complexity index is 1120. The number of hydrogen-bond acceptors (Lipinski definition) is 7. The summed E-state index contributed by atoms with van der Waals surface area (Å²) in [5.41, 5.74) is 2.65. The van der Waals surface area contributed by atoms with Gasteiger partial charge in [-0.3, -0.25) is 9.67 Å². The third-order valence-electron chi connectivity index (χ3n) is 4.64. The second kappa shape index (κ2) is 8.18. The van der Waals surface area contributed by atoms with Gasteiger partial charge >= 0.3 is 0 Å². The second-order valence-electron chi connectivity index (χ2n) is 7.21. The molecule has 1 aromatic carbocycles. The number of nitrogens with zero attached hydrogens (tertiary/aromatic N) is 4. The Kier molecular flexibility index (Phi) is 5.46. The monoisotopic (exact) mass is 409 g/mol. The van der Waals surface area contributed by atoms with Crippen LogP contribution in [-0.4, -0.2) is 37.5 Å². The van der Waals surface area contributed by atoms with Crippen molar-refractivity contribution in [3.05, 3.63) is 48.9 Å². The standard InChI is InChI=1S/C21H23N5O2S/c1-13(2)19(12-27)25-21-24-17-5-4-15(9-20(17)29-21)28-16-6-7-22-18(8-16)14-10-23-26(3)11-14/h4-11,13,19,27H,12H2,1-3H3,(H,24,25)/t19-/m1/s1. The van der Waals surface area contributed by atoms with E-state index in [0.29, 0.717) is 11.7 Å². The van der Waals surface area contributed by atoms with Gasteiger partial charge < -0.3 is 15.2 Å². The summed E-state index contributed by atoms with van der Waals surface area (Å²) in [5, 5.41) is 17.8. The maximum absolute atomic E-state index is 9.53. The molecular weight excluding hydrogens is 386 g/mol. The molecule has 0 aliphatic heterocycles. The molecular formula is C21H23N5O2S. The van der Waals surface area contributed by atoms with Crippen molar-refractivity contribution in [1.82, 2.24) is 19.7 Å². The van der Waals surface area contributed by atoms with Crippen molar-refractivity contribution in [2.45, 2.75) is 19.9 Å². The number of hydrogen-bond donors (Lipinski definition) is 2. The summed E-state index contributed by atoms with van der Waals surface area (Å²) < 4.78 is 8.82. The number of aryl methyl sites for hydroxylation is 1. The fourth-order valence-corrected chi connectivity index (χ4v) is 3.89. The lowest BCUT2D eigenvalue weighted by molar-refractivity contribution is 0.249. The van der Waals surface area contributed by atoms with E-state index in [2.05, 4.69) is 34.2 Å². The number of fused-ring (bicyclic) bond motifs is 1. The van der Waals surface area contributed by atoms with Crippen LogP contribution in [0.1, 0.15) is 13.8 Å². The minimum Gasteiger partial charge on any atom is -0.457 e. The number of aromatic nitrogens is 4. The normalized spacial score (nSPS) is 12.4. The number of ether oxygens (including phenoxy) is 1. The minimum atomic E-state index is -0.0194. The first-order valence-electron chi connectivity index (χ1n) is 9.43. The Hall–Kier alpha value is -2.97. The van der Waals surface area contributed by atoms with Crippen LogP contribution >= 0.6 is 11.3 Å². The van der Waals surface area contributed by atoms with E-state index in [0.717, 1.165) is 32.4 Å². The van der Waals surface area contributed by atoms with Gasteiger partial charge in [0.15, 0.2) is 5.13 Å². The van der Waals surface area contributed by atoms with Gasteiger partial charge in [-0.05, 0) is 24.1 Å². The first-order valence-corrected chi connectivity index (χ1v) is 10.2. The van der Waals surface area contributed by atoms with Crippen molar-refractivity contribution in [2.24, 2.45) is 13.0 Å². The molecule has 0 saturated heterocycles. The predicted molar refractivity (Wildman–Crippen MR) is 115 cm³/mol. The highest BCUT2D eigenvalue weighted by Crippen LogP contribution is 2.32. The molecule has 8 heteroatoms. The molecule has 0 fully saturated rings. The van der Waals surface area contributed by atoms with Crippen LogP contribution in [0, 0.1) is 5.92 Å². The van der Waals surface area contributed by atoms with Gasteiger partial charge in [0.05, 0.1) is 34.8 Å². The summed E-state index contributed by atoms with van der Waals surface area (Å²) in [6.45, 7) is 4.21. The van der Waals surface area contributed by atoms with Crippen molar-refractivity contribution < 1.29 is 9.84 Å². The predicted octanol–water partition coefficient (Wildman–Crippen LogP) is 4.31. The number of aliphatic hydroxyl groups is 1. The van der Waals surface area contributed by atoms with Crippen LogP contribution in [0.25, 0.3) is 21.5 Å². The summed E-state index contributed by atoms with van der Waals surface area (Å²) in [6, 6.07) is 9.54. The van der Waals surface area contributed by atoms with E-state index < -0.39 is 0 Å². The Labute approximate surface area is 173 Å². The van der Waals surface area contributed by atoms with E-state index in [1.165, 1.54) is 0 Å². The maximum atomic E-state index is 9.53. The molecule has 2 N–H and O–H groups in total. The van der Waals surface area contributed by atoms with Crippen LogP contribution in [0.2, 0.25) is 0 Å². The lowest BCUT2D eigenvalue weighted by atomic mass is 10.1. The summed E-state index contributed by atoms with van der Waals surface area (Å²) >= 11 is 1.55. The van der Waals surface area contributed by atoms with Crippen LogP contribution in [0.5, 0.6) is 11.5 Å². The van der Waals surface area contributed by atoms with Crippen LogP contribution in [0.15, 0.2) is 48.9 Å². The largest absolute Gasteiger partial charge is 0.457 e. The molecule has 0 spiro atoms. The number of anilines is 1. The van der Waals surface area contributed by atoms with Crippen LogP contribution in [0.3, 0.4) is 0 Å². The maximum Gasteiger partial charge on any atom is 0.184 e. The summed E-state index contributed by atoms with van der Waals surface area (Å²) in [6.07, 6.45) is 5.42. The number of benzene rings is 1. The molecule has 0 saturated carbocycles. The molecule has 150 valence electrons. The first kappa shape index (κ1) is 19.4. The highest BCUT2D eigenvalue weighted by atomic mass is 32.1. The average molecular weight is 410 g/mol. The molecule has 29 heavy (non-hydrogen) atoms. The Morgan fingerprint density at radius 2 is 2.03 bits per heavy atom. The zero-order valence-electron chi connectivity index (χ0n) is 16.5. The molecule has 0 radical (unpaired) electrons. The molecule has 4 aromatic rings. The van der Waals surface area contributed by atoms with Crippen molar-refractivity contribution in [3.8, 4) is 22.8 Å².